The van der Waals surface area contributed by atoms with Gasteiger partial charge >= 0.3 is 12.1 Å². The highest BCUT2D eigenvalue weighted by Crippen LogP contribution is 2.34. The third kappa shape index (κ3) is 4.47. The molecule has 0 aliphatic heterocycles. The number of alkyl halides is 3. The van der Waals surface area contributed by atoms with Crippen molar-refractivity contribution in [1.82, 2.24) is 19.9 Å². The molecule has 4 aromatic rings. The van der Waals surface area contributed by atoms with E-state index >= 15 is 0 Å². The number of esters is 1. The summed E-state index contributed by atoms with van der Waals surface area (Å²) in [6, 6.07) is 13.4. The lowest BCUT2D eigenvalue weighted by atomic mass is 10.0. The summed E-state index contributed by atoms with van der Waals surface area (Å²) < 4.78 is 47.1. The van der Waals surface area contributed by atoms with Crippen LogP contribution in [0.25, 0.3) is 27.7 Å². The minimum atomic E-state index is -4.75. The Labute approximate surface area is 191 Å². The zero-order valence-corrected chi connectivity index (χ0v) is 18.2. The Morgan fingerprint density at radius 3 is 2.62 bits per heavy atom. The summed E-state index contributed by atoms with van der Waals surface area (Å²) in [6.45, 7) is 3.25. The van der Waals surface area contributed by atoms with Crippen LogP contribution in [0.3, 0.4) is 0 Å². The number of allylic oxidation sites excluding steroid dienone is 1. The Kier molecular flexibility index (Phi) is 6.06. The normalized spacial score (nSPS) is 12.2. The van der Waals surface area contributed by atoms with Crippen molar-refractivity contribution in [2.45, 2.75) is 20.0 Å². The number of nitrogens with zero attached hydrogens (tertiary/aromatic N) is 3. The molecule has 2 aromatic carbocycles. The lowest BCUT2D eigenvalue weighted by Gasteiger charge is -2.13. The summed E-state index contributed by atoms with van der Waals surface area (Å²) in [5.74, 6) is -1.42. The molecular formula is C24H19F3N4O3. The van der Waals surface area contributed by atoms with Crippen LogP contribution in [0.5, 0.6) is 0 Å². The molecule has 4 rings (SSSR count). The van der Waals surface area contributed by atoms with E-state index in [9.17, 15) is 22.8 Å². The first kappa shape index (κ1) is 23.0. The van der Waals surface area contributed by atoms with Gasteiger partial charge in [-0.2, -0.15) is 18.3 Å². The van der Waals surface area contributed by atoms with Crippen molar-refractivity contribution >= 4 is 28.3 Å². The lowest BCUT2D eigenvalue weighted by Crippen LogP contribution is -2.22. The molecule has 0 saturated heterocycles. The predicted octanol–water partition coefficient (Wildman–Crippen LogP) is 4.77. The quantitative estimate of drug-likeness (QED) is 0.337. The molecule has 0 fully saturated rings. The van der Waals surface area contributed by atoms with E-state index in [1.165, 1.54) is 6.92 Å². The maximum atomic E-state index is 13.9. The molecule has 10 heteroatoms. The average Bonchev–Trinajstić information content (AvgIpc) is 3.21. The fraction of sp³-hybridized carbons (Fsp3) is 0.167. The summed E-state index contributed by atoms with van der Waals surface area (Å²) in [5, 5.41) is 7.77. The standard InChI is InChI=1S/C24H19F3N4O3/c1-3-34-21(32)11-14(2)29-23(33)18-13-28-31-20(24(25,26)27)12-19(30-22(18)31)17-10-6-8-15-7-4-5-9-16(15)17/h4-13H,3H2,1-2H3,(H,29,33)/b14-11+. The number of rotatable bonds is 5. The van der Waals surface area contributed by atoms with Crippen molar-refractivity contribution in [3.63, 3.8) is 0 Å². The first-order valence-corrected chi connectivity index (χ1v) is 10.3. The molecule has 2 heterocycles. The number of fused-ring (bicyclic) bond motifs is 2. The molecule has 0 spiro atoms. The Balaban J connectivity index is 1.85. The number of hydrogen-bond donors (Lipinski definition) is 1. The second kappa shape index (κ2) is 8.97. The van der Waals surface area contributed by atoms with Gasteiger partial charge in [-0.05, 0) is 30.7 Å². The molecule has 1 amide bonds. The highest BCUT2D eigenvalue weighted by atomic mass is 19.4. The van der Waals surface area contributed by atoms with E-state index in [4.69, 9.17) is 4.74 Å². The molecule has 0 radical (unpaired) electrons. The first-order valence-electron chi connectivity index (χ1n) is 10.3. The molecule has 174 valence electrons. The Hall–Kier alpha value is -4.21. The number of nitrogens with one attached hydrogen (secondary N) is 1. The summed E-state index contributed by atoms with van der Waals surface area (Å²) in [7, 11) is 0. The topological polar surface area (TPSA) is 85.6 Å². The third-order valence-corrected chi connectivity index (χ3v) is 5.00. The summed E-state index contributed by atoms with van der Waals surface area (Å²) >= 11 is 0. The molecule has 0 unspecified atom stereocenters. The van der Waals surface area contributed by atoms with E-state index < -0.39 is 23.7 Å². The van der Waals surface area contributed by atoms with Crippen molar-refractivity contribution < 1.29 is 27.5 Å². The van der Waals surface area contributed by atoms with Gasteiger partial charge in [0.15, 0.2) is 11.3 Å². The van der Waals surface area contributed by atoms with Crippen LogP contribution in [-0.4, -0.2) is 33.1 Å². The third-order valence-electron chi connectivity index (χ3n) is 5.00. The van der Waals surface area contributed by atoms with Crippen LogP contribution < -0.4 is 5.32 Å². The van der Waals surface area contributed by atoms with Gasteiger partial charge in [-0.1, -0.05) is 42.5 Å². The fourth-order valence-electron chi connectivity index (χ4n) is 3.55. The van der Waals surface area contributed by atoms with Crippen LogP contribution in [0.1, 0.15) is 29.9 Å². The van der Waals surface area contributed by atoms with Gasteiger partial charge in [-0.15, -0.1) is 0 Å². The SMILES string of the molecule is CCOC(=O)/C=C(\C)NC(=O)c1cnn2c(C(F)(F)F)cc(-c3cccc4ccccc34)nc12. The first-order chi connectivity index (χ1) is 16.2. The van der Waals surface area contributed by atoms with Crippen molar-refractivity contribution in [2.75, 3.05) is 6.61 Å². The van der Waals surface area contributed by atoms with Crippen molar-refractivity contribution in [3.05, 3.63) is 77.8 Å². The van der Waals surface area contributed by atoms with Crippen LogP contribution in [-0.2, 0) is 15.7 Å². The number of amides is 1. The van der Waals surface area contributed by atoms with Gasteiger partial charge in [0.25, 0.3) is 5.91 Å². The second-order valence-corrected chi connectivity index (χ2v) is 7.38. The Bertz CT molecular complexity index is 1440. The van der Waals surface area contributed by atoms with Gasteiger partial charge in [0, 0.05) is 17.3 Å². The number of carbonyl (C=O) groups is 2. The van der Waals surface area contributed by atoms with E-state index in [1.807, 2.05) is 18.2 Å². The molecular weight excluding hydrogens is 449 g/mol. The zero-order chi connectivity index (χ0) is 24.5. The van der Waals surface area contributed by atoms with Gasteiger partial charge in [-0.3, -0.25) is 4.79 Å². The largest absolute Gasteiger partial charge is 0.463 e. The number of hydrogen-bond acceptors (Lipinski definition) is 5. The van der Waals surface area contributed by atoms with E-state index in [0.29, 0.717) is 15.5 Å². The average molecular weight is 468 g/mol. The number of benzene rings is 2. The van der Waals surface area contributed by atoms with Gasteiger partial charge in [0.2, 0.25) is 0 Å². The van der Waals surface area contributed by atoms with Gasteiger partial charge in [-0.25, -0.2) is 14.3 Å². The molecule has 0 aliphatic carbocycles. The van der Waals surface area contributed by atoms with Crippen LogP contribution in [0.15, 0.2) is 66.5 Å². The zero-order valence-electron chi connectivity index (χ0n) is 18.2. The molecule has 0 bridgehead atoms. The number of halogens is 3. The molecule has 0 saturated carbocycles. The van der Waals surface area contributed by atoms with Gasteiger partial charge in [0.05, 0.1) is 18.5 Å². The number of aromatic nitrogens is 3. The minimum Gasteiger partial charge on any atom is -0.463 e. The maximum Gasteiger partial charge on any atom is 0.433 e. The van der Waals surface area contributed by atoms with E-state index in [0.717, 1.165) is 23.7 Å². The minimum absolute atomic E-state index is 0.0463. The van der Waals surface area contributed by atoms with E-state index in [2.05, 4.69) is 15.4 Å². The van der Waals surface area contributed by atoms with Crippen molar-refractivity contribution in [1.29, 1.82) is 0 Å². The molecule has 2 aromatic heterocycles. The van der Waals surface area contributed by atoms with E-state index in [-0.39, 0.29) is 29.2 Å². The molecule has 1 N–H and O–H groups in total. The fourth-order valence-corrected chi connectivity index (χ4v) is 3.55. The van der Waals surface area contributed by atoms with Crippen LogP contribution >= 0.6 is 0 Å². The van der Waals surface area contributed by atoms with Gasteiger partial charge in [0.1, 0.15) is 5.56 Å². The summed E-state index contributed by atoms with van der Waals surface area (Å²) in [5.41, 5.74) is -0.826. The lowest BCUT2D eigenvalue weighted by molar-refractivity contribution is -0.142. The molecule has 7 nitrogen and oxygen atoms in total. The summed E-state index contributed by atoms with van der Waals surface area (Å²) in [6.07, 6.45) is -2.67. The van der Waals surface area contributed by atoms with Crippen LogP contribution in [0.2, 0.25) is 0 Å². The molecule has 0 aliphatic rings. The maximum absolute atomic E-state index is 13.9. The highest BCUT2D eigenvalue weighted by Gasteiger charge is 2.36. The van der Waals surface area contributed by atoms with Gasteiger partial charge < -0.3 is 10.1 Å². The van der Waals surface area contributed by atoms with Crippen molar-refractivity contribution in [2.24, 2.45) is 0 Å². The van der Waals surface area contributed by atoms with Crippen LogP contribution in [0.4, 0.5) is 13.2 Å². The predicted molar refractivity (Wildman–Crippen MR) is 119 cm³/mol. The summed E-state index contributed by atoms with van der Waals surface area (Å²) in [4.78, 5) is 28.8. The van der Waals surface area contributed by atoms with Crippen molar-refractivity contribution in [3.8, 4) is 11.3 Å². The Morgan fingerprint density at radius 1 is 1.15 bits per heavy atom. The second-order valence-electron chi connectivity index (χ2n) is 7.38. The smallest absolute Gasteiger partial charge is 0.433 e. The monoisotopic (exact) mass is 468 g/mol. The van der Waals surface area contributed by atoms with Crippen LogP contribution in [0, 0.1) is 0 Å². The number of ether oxygens (including phenoxy) is 1. The number of carbonyl (C=O) groups excluding carboxylic acids is 2. The van der Waals surface area contributed by atoms with E-state index in [1.54, 1.807) is 31.2 Å². The Morgan fingerprint density at radius 2 is 1.88 bits per heavy atom. The highest BCUT2D eigenvalue weighted by molar-refractivity contribution is 6.02. The molecule has 0 atom stereocenters. The molecule has 34 heavy (non-hydrogen) atoms.